The molecule has 0 bridgehead atoms. The van der Waals surface area contributed by atoms with E-state index < -0.39 is 44.3 Å². The van der Waals surface area contributed by atoms with Crippen molar-refractivity contribution in [1.29, 1.82) is 0 Å². The van der Waals surface area contributed by atoms with E-state index in [1.807, 2.05) is 13.8 Å². The zero-order valence-electron chi connectivity index (χ0n) is 18.2. The summed E-state index contributed by atoms with van der Waals surface area (Å²) in [4.78, 5) is 23.9. The third-order valence-corrected chi connectivity index (χ3v) is 7.04. The standard InChI is InChI=1S/C22H25F2N3O5S/c1-14(2)32-18-6-3-15(4-7-18)21(28)25-26-22(29)16-9-11-27(12-10-16)33(30,31)20-13-17(23)5-8-19(20)24/h3-8,13-14,16H,9-12H2,1-2H3,(H,25,28)(H,26,29). The van der Waals surface area contributed by atoms with Crippen LogP contribution in [0.2, 0.25) is 0 Å². The van der Waals surface area contributed by atoms with Crippen molar-refractivity contribution in [3.8, 4) is 5.75 Å². The molecule has 0 atom stereocenters. The van der Waals surface area contributed by atoms with E-state index in [0.717, 1.165) is 16.4 Å². The van der Waals surface area contributed by atoms with E-state index in [0.29, 0.717) is 17.4 Å². The van der Waals surface area contributed by atoms with Gasteiger partial charge >= 0.3 is 0 Å². The molecule has 11 heteroatoms. The van der Waals surface area contributed by atoms with Crippen LogP contribution in [0, 0.1) is 17.6 Å². The van der Waals surface area contributed by atoms with Crippen LogP contribution in [-0.2, 0) is 14.8 Å². The highest BCUT2D eigenvalue weighted by atomic mass is 32.2. The molecular weight excluding hydrogens is 456 g/mol. The van der Waals surface area contributed by atoms with Crippen LogP contribution < -0.4 is 15.6 Å². The first-order chi connectivity index (χ1) is 15.6. The molecule has 0 spiro atoms. The van der Waals surface area contributed by atoms with Crippen molar-refractivity contribution >= 4 is 21.8 Å². The first kappa shape index (κ1) is 24.6. The molecule has 1 heterocycles. The Kier molecular flexibility index (Phi) is 7.65. The molecule has 2 amide bonds. The second-order valence-corrected chi connectivity index (χ2v) is 9.79. The number of hydrogen-bond donors (Lipinski definition) is 2. The van der Waals surface area contributed by atoms with Crippen molar-refractivity contribution in [3.63, 3.8) is 0 Å². The van der Waals surface area contributed by atoms with E-state index in [-0.39, 0.29) is 32.0 Å². The monoisotopic (exact) mass is 481 g/mol. The second-order valence-electron chi connectivity index (χ2n) is 7.89. The molecule has 1 saturated heterocycles. The van der Waals surface area contributed by atoms with Crippen LogP contribution in [0.1, 0.15) is 37.0 Å². The summed E-state index contributed by atoms with van der Waals surface area (Å²) in [5, 5.41) is 0. The lowest BCUT2D eigenvalue weighted by Crippen LogP contribution is -2.48. The summed E-state index contributed by atoms with van der Waals surface area (Å²) in [6.45, 7) is 3.69. The molecule has 0 aliphatic carbocycles. The van der Waals surface area contributed by atoms with Gasteiger partial charge in [-0.2, -0.15) is 4.31 Å². The minimum atomic E-state index is -4.23. The maximum atomic E-state index is 13.9. The molecule has 2 N–H and O–H groups in total. The lowest BCUT2D eigenvalue weighted by atomic mass is 9.98. The fourth-order valence-corrected chi connectivity index (χ4v) is 4.97. The van der Waals surface area contributed by atoms with Gasteiger partial charge in [0.1, 0.15) is 22.3 Å². The molecule has 0 aromatic heterocycles. The SMILES string of the molecule is CC(C)Oc1ccc(C(=O)NNC(=O)C2CCN(S(=O)(=O)c3cc(F)ccc3F)CC2)cc1. The number of halogens is 2. The average Bonchev–Trinajstić information content (AvgIpc) is 2.79. The number of hydrazine groups is 1. The van der Waals surface area contributed by atoms with Gasteiger partial charge in [0.25, 0.3) is 5.91 Å². The summed E-state index contributed by atoms with van der Waals surface area (Å²) in [6, 6.07) is 8.66. The van der Waals surface area contributed by atoms with E-state index in [4.69, 9.17) is 4.74 Å². The fraction of sp³-hybridized carbons (Fsp3) is 0.364. The number of rotatable bonds is 6. The largest absolute Gasteiger partial charge is 0.491 e. The van der Waals surface area contributed by atoms with E-state index in [9.17, 15) is 26.8 Å². The van der Waals surface area contributed by atoms with E-state index in [1.165, 1.54) is 0 Å². The van der Waals surface area contributed by atoms with Crippen LogP contribution in [-0.4, -0.2) is 43.7 Å². The highest BCUT2D eigenvalue weighted by Gasteiger charge is 2.34. The lowest BCUT2D eigenvalue weighted by molar-refractivity contribution is -0.126. The predicted molar refractivity (Wildman–Crippen MR) is 116 cm³/mol. The van der Waals surface area contributed by atoms with Crippen molar-refractivity contribution in [2.24, 2.45) is 5.92 Å². The highest BCUT2D eigenvalue weighted by molar-refractivity contribution is 7.89. The first-order valence-electron chi connectivity index (χ1n) is 10.4. The molecule has 8 nitrogen and oxygen atoms in total. The third-order valence-electron chi connectivity index (χ3n) is 5.12. The summed E-state index contributed by atoms with van der Waals surface area (Å²) in [6.07, 6.45) is 0.330. The predicted octanol–water partition coefficient (Wildman–Crippen LogP) is 2.61. The molecule has 0 unspecified atom stereocenters. The number of benzene rings is 2. The van der Waals surface area contributed by atoms with Crippen LogP contribution >= 0.6 is 0 Å². The lowest BCUT2D eigenvalue weighted by Gasteiger charge is -2.30. The molecule has 33 heavy (non-hydrogen) atoms. The van der Waals surface area contributed by atoms with E-state index in [2.05, 4.69) is 10.9 Å². The Morgan fingerprint density at radius 2 is 1.67 bits per heavy atom. The van der Waals surface area contributed by atoms with Crippen molar-refractivity contribution in [1.82, 2.24) is 15.2 Å². The number of amides is 2. The Morgan fingerprint density at radius 1 is 1.03 bits per heavy atom. The molecule has 1 aliphatic heterocycles. The minimum Gasteiger partial charge on any atom is -0.491 e. The molecule has 0 radical (unpaired) electrons. The number of nitrogens with zero attached hydrogens (tertiary/aromatic N) is 1. The van der Waals surface area contributed by atoms with Crippen LogP contribution in [0.4, 0.5) is 8.78 Å². The second kappa shape index (κ2) is 10.3. The van der Waals surface area contributed by atoms with Gasteiger partial charge in [0.05, 0.1) is 6.10 Å². The van der Waals surface area contributed by atoms with E-state index >= 15 is 0 Å². The Balaban J connectivity index is 1.52. The highest BCUT2D eigenvalue weighted by Crippen LogP contribution is 2.26. The number of carbonyl (C=O) groups excluding carboxylic acids is 2. The van der Waals surface area contributed by atoms with Gasteiger partial charge in [0, 0.05) is 24.6 Å². The van der Waals surface area contributed by atoms with Gasteiger partial charge in [-0.05, 0) is 69.2 Å². The number of sulfonamides is 1. The molecule has 3 rings (SSSR count). The third kappa shape index (κ3) is 6.05. The van der Waals surface area contributed by atoms with Crippen molar-refractivity contribution in [2.45, 2.75) is 37.7 Å². The van der Waals surface area contributed by atoms with E-state index in [1.54, 1.807) is 24.3 Å². The molecule has 2 aromatic rings. The van der Waals surface area contributed by atoms with Crippen LogP contribution in [0.15, 0.2) is 47.4 Å². The molecule has 2 aromatic carbocycles. The topological polar surface area (TPSA) is 105 Å². The van der Waals surface area contributed by atoms with Gasteiger partial charge < -0.3 is 4.74 Å². The van der Waals surface area contributed by atoms with Gasteiger partial charge in [0.15, 0.2) is 0 Å². The molecule has 1 aliphatic rings. The zero-order chi connectivity index (χ0) is 24.2. The molecule has 178 valence electrons. The van der Waals surface area contributed by atoms with Gasteiger partial charge in [-0.25, -0.2) is 17.2 Å². The van der Waals surface area contributed by atoms with Crippen LogP contribution in [0.3, 0.4) is 0 Å². The smallest absolute Gasteiger partial charge is 0.269 e. The molecular formula is C22H25F2N3O5S. The van der Waals surface area contributed by atoms with Gasteiger partial charge in [-0.3, -0.25) is 20.4 Å². The fourth-order valence-electron chi connectivity index (χ4n) is 3.42. The summed E-state index contributed by atoms with van der Waals surface area (Å²) in [7, 11) is -4.23. The van der Waals surface area contributed by atoms with Crippen molar-refractivity contribution in [2.75, 3.05) is 13.1 Å². The van der Waals surface area contributed by atoms with Crippen LogP contribution in [0.25, 0.3) is 0 Å². The quantitative estimate of drug-likeness (QED) is 0.618. The normalized spacial score (nSPS) is 15.3. The van der Waals surface area contributed by atoms with Gasteiger partial charge in [-0.1, -0.05) is 0 Å². The summed E-state index contributed by atoms with van der Waals surface area (Å²) in [5.74, 6) is -2.80. The van der Waals surface area contributed by atoms with Gasteiger partial charge in [-0.15, -0.1) is 0 Å². The average molecular weight is 482 g/mol. The molecule has 0 saturated carbocycles. The Hall–Kier alpha value is -3.05. The maximum Gasteiger partial charge on any atom is 0.269 e. The number of nitrogens with one attached hydrogen (secondary N) is 2. The first-order valence-corrected chi connectivity index (χ1v) is 11.8. The number of hydrogen-bond acceptors (Lipinski definition) is 5. The Bertz CT molecular complexity index is 1120. The summed E-state index contributed by atoms with van der Waals surface area (Å²) >= 11 is 0. The molecule has 1 fully saturated rings. The maximum absolute atomic E-state index is 13.9. The summed E-state index contributed by atoms with van der Waals surface area (Å²) < 4.78 is 59.2. The van der Waals surface area contributed by atoms with Crippen molar-refractivity contribution < 1.29 is 31.5 Å². The summed E-state index contributed by atoms with van der Waals surface area (Å²) in [5.41, 5.74) is 5.01. The van der Waals surface area contributed by atoms with Crippen molar-refractivity contribution in [3.05, 3.63) is 59.7 Å². The van der Waals surface area contributed by atoms with Crippen LogP contribution in [0.5, 0.6) is 5.75 Å². The number of ether oxygens (including phenoxy) is 1. The minimum absolute atomic E-state index is 0.00162. The zero-order valence-corrected chi connectivity index (χ0v) is 19.0. The Morgan fingerprint density at radius 3 is 2.27 bits per heavy atom. The number of piperidine rings is 1. The Labute approximate surface area is 190 Å². The number of carbonyl (C=O) groups is 2. The van der Waals surface area contributed by atoms with Gasteiger partial charge in [0.2, 0.25) is 15.9 Å².